The summed E-state index contributed by atoms with van der Waals surface area (Å²) in [6.45, 7) is 5.67. The van der Waals surface area contributed by atoms with Crippen molar-refractivity contribution >= 4 is 6.09 Å². The standard InChI is InChI=1S/C16H28N2O3/c1-16(2,3)21-15(19)18-11-5-4-10(8-11)17-13-9-12-6-7-14(13)20-12/h10-14,17H,4-9H2,1-3H3,(H,18,19). The Balaban J connectivity index is 1.40. The van der Waals surface area contributed by atoms with Gasteiger partial charge in [0.15, 0.2) is 0 Å². The number of amides is 1. The summed E-state index contributed by atoms with van der Waals surface area (Å²) < 4.78 is 11.2. The number of nitrogens with one attached hydrogen (secondary N) is 2. The highest BCUT2D eigenvalue weighted by molar-refractivity contribution is 5.68. The van der Waals surface area contributed by atoms with Crippen LogP contribution in [0.3, 0.4) is 0 Å². The van der Waals surface area contributed by atoms with E-state index in [0.717, 1.165) is 25.7 Å². The lowest BCUT2D eigenvalue weighted by molar-refractivity contribution is 0.0504. The van der Waals surface area contributed by atoms with Crippen LogP contribution in [0.4, 0.5) is 4.79 Å². The minimum absolute atomic E-state index is 0.233. The molecule has 1 aliphatic carbocycles. The molecule has 2 heterocycles. The fourth-order valence-electron chi connectivity index (χ4n) is 3.85. The third-order valence-electron chi connectivity index (χ3n) is 4.71. The Bertz CT molecular complexity index is 393. The van der Waals surface area contributed by atoms with Crippen molar-refractivity contribution in [3.8, 4) is 0 Å². The summed E-state index contributed by atoms with van der Waals surface area (Å²) in [7, 11) is 0. The van der Waals surface area contributed by atoms with Gasteiger partial charge in [-0.05, 0) is 59.3 Å². The van der Waals surface area contributed by atoms with Crippen molar-refractivity contribution < 1.29 is 14.3 Å². The summed E-state index contributed by atoms with van der Waals surface area (Å²) >= 11 is 0. The summed E-state index contributed by atoms with van der Waals surface area (Å²) in [5, 5.41) is 6.74. The van der Waals surface area contributed by atoms with Crippen LogP contribution in [-0.4, -0.2) is 42.0 Å². The molecule has 1 saturated carbocycles. The summed E-state index contributed by atoms with van der Waals surface area (Å²) in [5.41, 5.74) is -0.430. The summed E-state index contributed by atoms with van der Waals surface area (Å²) in [4.78, 5) is 11.8. The Kier molecular flexibility index (Phi) is 4.14. The first kappa shape index (κ1) is 15.1. The number of hydrogen-bond donors (Lipinski definition) is 2. The molecule has 2 saturated heterocycles. The minimum atomic E-state index is -0.430. The van der Waals surface area contributed by atoms with Gasteiger partial charge in [-0.25, -0.2) is 4.79 Å². The molecule has 3 fully saturated rings. The first-order valence-corrected chi connectivity index (χ1v) is 8.30. The quantitative estimate of drug-likeness (QED) is 0.839. The molecule has 1 amide bonds. The topological polar surface area (TPSA) is 59.6 Å². The van der Waals surface area contributed by atoms with E-state index in [9.17, 15) is 4.79 Å². The lowest BCUT2D eigenvalue weighted by Crippen LogP contribution is -2.44. The van der Waals surface area contributed by atoms with Gasteiger partial charge >= 0.3 is 6.09 Å². The molecule has 0 aromatic heterocycles. The fraction of sp³-hybridized carbons (Fsp3) is 0.938. The van der Waals surface area contributed by atoms with Crippen molar-refractivity contribution in [3.05, 3.63) is 0 Å². The monoisotopic (exact) mass is 296 g/mol. The number of ether oxygens (including phenoxy) is 2. The second-order valence-electron chi connectivity index (χ2n) is 7.74. The van der Waals surface area contributed by atoms with E-state index >= 15 is 0 Å². The van der Waals surface area contributed by atoms with Crippen LogP contribution in [0.2, 0.25) is 0 Å². The summed E-state index contributed by atoms with van der Waals surface area (Å²) in [6.07, 6.45) is 7.35. The van der Waals surface area contributed by atoms with Gasteiger partial charge in [-0.3, -0.25) is 0 Å². The number of fused-ring (bicyclic) bond motifs is 2. The van der Waals surface area contributed by atoms with Crippen molar-refractivity contribution in [2.24, 2.45) is 0 Å². The lowest BCUT2D eigenvalue weighted by atomic mass is 9.95. The molecule has 0 aromatic carbocycles. The van der Waals surface area contributed by atoms with Crippen LogP contribution in [0, 0.1) is 0 Å². The molecule has 5 nitrogen and oxygen atoms in total. The maximum absolute atomic E-state index is 11.8. The molecule has 2 bridgehead atoms. The third-order valence-corrected chi connectivity index (χ3v) is 4.71. The van der Waals surface area contributed by atoms with E-state index in [1.54, 1.807) is 0 Å². The highest BCUT2D eigenvalue weighted by Gasteiger charge is 2.42. The zero-order chi connectivity index (χ0) is 15.0. The Morgan fingerprint density at radius 2 is 1.86 bits per heavy atom. The van der Waals surface area contributed by atoms with Gasteiger partial charge in [-0.2, -0.15) is 0 Å². The minimum Gasteiger partial charge on any atom is -0.444 e. The molecule has 3 rings (SSSR count). The van der Waals surface area contributed by atoms with Crippen LogP contribution < -0.4 is 10.6 Å². The van der Waals surface area contributed by atoms with Gasteiger partial charge in [0, 0.05) is 18.1 Å². The average Bonchev–Trinajstić information content (AvgIpc) is 3.03. The van der Waals surface area contributed by atoms with Gasteiger partial charge in [0.05, 0.1) is 12.2 Å². The lowest BCUT2D eigenvalue weighted by Gasteiger charge is -2.25. The Labute approximate surface area is 127 Å². The molecule has 2 aliphatic heterocycles. The smallest absolute Gasteiger partial charge is 0.407 e. The van der Waals surface area contributed by atoms with Crippen LogP contribution in [-0.2, 0) is 9.47 Å². The third kappa shape index (κ3) is 3.89. The van der Waals surface area contributed by atoms with E-state index in [2.05, 4.69) is 10.6 Å². The molecule has 21 heavy (non-hydrogen) atoms. The van der Waals surface area contributed by atoms with Gasteiger partial charge in [-0.1, -0.05) is 0 Å². The highest BCUT2D eigenvalue weighted by Crippen LogP contribution is 2.35. The molecule has 2 N–H and O–H groups in total. The molecule has 5 heteroatoms. The molecule has 5 unspecified atom stereocenters. The summed E-state index contributed by atoms with van der Waals surface area (Å²) in [6, 6.07) is 1.25. The van der Waals surface area contributed by atoms with E-state index in [4.69, 9.17) is 9.47 Å². The number of alkyl carbamates (subject to hydrolysis) is 1. The van der Waals surface area contributed by atoms with Crippen LogP contribution in [0.15, 0.2) is 0 Å². The maximum atomic E-state index is 11.8. The molecule has 0 radical (unpaired) electrons. The molecular formula is C16H28N2O3. The molecule has 5 atom stereocenters. The number of hydrogen-bond acceptors (Lipinski definition) is 4. The average molecular weight is 296 g/mol. The van der Waals surface area contributed by atoms with Crippen molar-refractivity contribution in [3.63, 3.8) is 0 Å². The van der Waals surface area contributed by atoms with E-state index < -0.39 is 5.60 Å². The van der Waals surface area contributed by atoms with E-state index in [1.165, 1.54) is 12.8 Å². The second-order valence-corrected chi connectivity index (χ2v) is 7.74. The number of rotatable bonds is 3. The van der Waals surface area contributed by atoms with Crippen LogP contribution in [0.25, 0.3) is 0 Å². The Morgan fingerprint density at radius 3 is 2.48 bits per heavy atom. The van der Waals surface area contributed by atoms with Crippen molar-refractivity contribution in [2.75, 3.05) is 0 Å². The maximum Gasteiger partial charge on any atom is 0.407 e. The molecule has 3 aliphatic rings. The van der Waals surface area contributed by atoms with Gasteiger partial charge in [0.2, 0.25) is 0 Å². The van der Waals surface area contributed by atoms with Crippen LogP contribution in [0.5, 0.6) is 0 Å². The molecule has 0 spiro atoms. The molecule has 0 aromatic rings. The summed E-state index contributed by atoms with van der Waals surface area (Å²) in [5.74, 6) is 0. The van der Waals surface area contributed by atoms with Crippen molar-refractivity contribution in [2.45, 2.75) is 95.2 Å². The first-order chi connectivity index (χ1) is 9.89. The normalized spacial score (nSPS) is 38.7. The predicted octanol–water partition coefficient (Wildman–Crippen LogP) is 2.34. The first-order valence-electron chi connectivity index (χ1n) is 8.30. The van der Waals surface area contributed by atoms with Crippen molar-refractivity contribution in [1.82, 2.24) is 10.6 Å². The van der Waals surface area contributed by atoms with Gasteiger partial charge in [-0.15, -0.1) is 0 Å². The zero-order valence-electron chi connectivity index (χ0n) is 13.4. The van der Waals surface area contributed by atoms with E-state index in [-0.39, 0.29) is 12.1 Å². The molecule has 120 valence electrons. The van der Waals surface area contributed by atoms with Crippen LogP contribution in [0.1, 0.15) is 59.3 Å². The van der Waals surface area contributed by atoms with Crippen molar-refractivity contribution in [1.29, 1.82) is 0 Å². The SMILES string of the molecule is CC(C)(C)OC(=O)NC1CCC(NC2CC3CCC2O3)C1. The number of carbonyl (C=O) groups is 1. The Hall–Kier alpha value is -0.810. The van der Waals surface area contributed by atoms with Gasteiger partial charge in [0.1, 0.15) is 5.60 Å². The Morgan fingerprint density at radius 1 is 1.10 bits per heavy atom. The van der Waals surface area contributed by atoms with Gasteiger partial charge in [0.25, 0.3) is 0 Å². The fourth-order valence-corrected chi connectivity index (χ4v) is 3.85. The van der Waals surface area contributed by atoms with E-state index in [0.29, 0.717) is 24.3 Å². The van der Waals surface area contributed by atoms with Gasteiger partial charge < -0.3 is 20.1 Å². The molecular weight excluding hydrogens is 268 g/mol. The number of carbonyl (C=O) groups excluding carboxylic acids is 1. The largest absolute Gasteiger partial charge is 0.444 e. The highest BCUT2D eigenvalue weighted by atomic mass is 16.6. The van der Waals surface area contributed by atoms with Crippen LogP contribution >= 0.6 is 0 Å². The van der Waals surface area contributed by atoms with E-state index in [1.807, 2.05) is 20.8 Å². The zero-order valence-corrected chi connectivity index (χ0v) is 13.4. The predicted molar refractivity (Wildman–Crippen MR) is 80.2 cm³/mol. The second kappa shape index (κ2) is 5.76.